The maximum atomic E-state index is 12.4. The van der Waals surface area contributed by atoms with Crippen molar-refractivity contribution in [1.82, 2.24) is 10.7 Å². The van der Waals surface area contributed by atoms with Gasteiger partial charge in [-0.2, -0.15) is 5.10 Å². The summed E-state index contributed by atoms with van der Waals surface area (Å²) in [5.74, 6) is -0.972. The number of hydrogen-bond donors (Lipinski definition) is 2. The lowest BCUT2D eigenvalue weighted by Gasteiger charge is -2.10. The minimum atomic E-state index is -0.621. The van der Waals surface area contributed by atoms with Crippen LogP contribution in [0.3, 0.4) is 0 Å². The van der Waals surface area contributed by atoms with Gasteiger partial charge in [0, 0.05) is 3.57 Å². The van der Waals surface area contributed by atoms with Crippen LogP contribution in [-0.4, -0.2) is 37.7 Å². The summed E-state index contributed by atoms with van der Waals surface area (Å²) in [6.45, 7) is -0.235. The molecule has 8 nitrogen and oxygen atoms in total. The van der Waals surface area contributed by atoms with Gasteiger partial charge in [-0.1, -0.05) is 35.9 Å². The van der Waals surface area contributed by atoms with E-state index in [0.717, 1.165) is 3.57 Å². The summed E-state index contributed by atoms with van der Waals surface area (Å²) in [6, 6.07) is 18.4. The number of carbonyl (C=O) groups excluding carboxylic acids is 3. The van der Waals surface area contributed by atoms with E-state index in [2.05, 4.69) is 38.4 Å². The average Bonchev–Trinajstić information content (AvgIpc) is 2.83. The molecule has 0 aliphatic rings. The Morgan fingerprint density at radius 1 is 1.00 bits per heavy atom. The Morgan fingerprint density at radius 3 is 2.41 bits per heavy atom. The minimum absolute atomic E-state index is 0.201. The van der Waals surface area contributed by atoms with Crippen LogP contribution in [0.5, 0.6) is 11.5 Å². The van der Waals surface area contributed by atoms with Gasteiger partial charge in [0.1, 0.15) is 0 Å². The predicted octanol–water partition coefficient (Wildman–Crippen LogP) is 4.05. The molecule has 34 heavy (non-hydrogen) atoms. The van der Waals surface area contributed by atoms with Gasteiger partial charge in [-0.25, -0.2) is 10.2 Å². The van der Waals surface area contributed by atoms with Crippen LogP contribution in [-0.2, 0) is 4.79 Å². The van der Waals surface area contributed by atoms with Crippen LogP contribution in [0.2, 0.25) is 5.02 Å². The van der Waals surface area contributed by atoms with Crippen LogP contribution in [0.4, 0.5) is 0 Å². The van der Waals surface area contributed by atoms with Crippen LogP contribution < -0.4 is 20.2 Å². The molecule has 0 saturated heterocycles. The van der Waals surface area contributed by atoms with E-state index in [-0.39, 0.29) is 28.8 Å². The number of hydrogen-bond acceptors (Lipinski definition) is 6. The third-order valence-corrected chi connectivity index (χ3v) is 5.69. The number of benzene rings is 3. The summed E-state index contributed by atoms with van der Waals surface area (Å²) in [5, 5.41) is 6.70. The number of rotatable bonds is 8. The zero-order valence-corrected chi connectivity index (χ0v) is 20.8. The molecule has 0 radical (unpaired) electrons. The molecule has 0 unspecified atom stereocenters. The topological polar surface area (TPSA) is 106 Å². The Hall–Kier alpha value is -3.44. The van der Waals surface area contributed by atoms with E-state index in [1.54, 1.807) is 60.7 Å². The van der Waals surface area contributed by atoms with Crippen LogP contribution in [0.15, 0.2) is 71.8 Å². The number of esters is 1. The first-order chi connectivity index (χ1) is 16.4. The van der Waals surface area contributed by atoms with Crippen molar-refractivity contribution in [2.24, 2.45) is 5.10 Å². The molecule has 3 rings (SSSR count). The average molecular weight is 592 g/mol. The second-order valence-electron chi connectivity index (χ2n) is 6.74. The summed E-state index contributed by atoms with van der Waals surface area (Å²) in [5.41, 5.74) is 3.64. The van der Waals surface area contributed by atoms with E-state index in [9.17, 15) is 14.4 Å². The fourth-order valence-corrected chi connectivity index (χ4v) is 3.60. The van der Waals surface area contributed by atoms with Gasteiger partial charge in [-0.3, -0.25) is 9.59 Å². The highest BCUT2D eigenvalue weighted by molar-refractivity contribution is 14.1. The van der Waals surface area contributed by atoms with E-state index in [1.165, 1.54) is 13.3 Å². The van der Waals surface area contributed by atoms with E-state index in [1.807, 2.05) is 6.07 Å². The van der Waals surface area contributed by atoms with Crippen molar-refractivity contribution in [3.63, 3.8) is 0 Å². The number of halogens is 2. The lowest BCUT2D eigenvalue weighted by atomic mass is 10.2. The summed E-state index contributed by atoms with van der Waals surface area (Å²) in [4.78, 5) is 36.5. The molecule has 0 spiro atoms. The fraction of sp³-hybridized carbons (Fsp3) is 0.0833. The van der Waals surface area contributed by atoms with Gasteiger partial charge in [-0.15, -0.1) is 0 Å². The molecule has 2 amide bonds. The number of methoxy groups -OCH3 is 1. The van der Waals surface area contributed by atoms with E-state index >= 15 is 0 Å². The molecule has 10 heteroatoms. The summed E-state index contributed by atoms with van der Waals surface area (Å²) in [7, 11) is 1.43. The molecule has 0 atom stereocenters. The van der Waals surface area contributed by atoms with Gasteiger partial charge >= 0.3 is 5.97 Å². The molecule has 174 valence electrons. The highest BCUT2D eigenvalue weighted by Crippen LogP contribution is 2.29. The predicted molar refractivity (Wildman–Crippen MR) is 137 cm³/mol. The Labute approximate surface area is 214 Å². The second kappa shape index (κ2) is 12.1. The second-order valence-corrected chi connectivity index (χ2v) is 8.30. The Morgan fingerprint density at radius 2 is 1.71 bits per heavy atom. The maximum absolute atomic E-state index is 12.4. The van der Waals surface area contributed by atoms with Crippen molar-refractivity contribution in [1.29, 1.82) is 0 Å². The molecule has 0 saturated carbocycles. The number of amides is 2. The standard InChI is InChI=1S/C24H19ClIN3O5/c1-33-21-12-15(10-11-20(21)34-24(32)16-6-2-4-8-18(16)25)13-28-29-22(30)14-27-23(31)17-7-3-5-9-19(17)26/h2-13H,14H2,1H3,(H,27,31)(H,29,30)/b28-13-. The van der Waals surface area contributed by atoms with Crippen LogP contribution in [0.1, 0.15) is 26.3 Å². The third-order valence-electron chi connectivity index (χ3n) is 4.41. The molecule has 0 aliphatic heterocycles. The highest BCUT2D eigenvalue weighted by atomic mass is 127. The molecule has 0 fully saturated rings. The van der Waals surface area contributed by atoms with Crippen molar-refractivity contribution in [3.05, 3.63) is 92.0 Å². The summed E-state index contributed by atoms with van der Waals surface area (Å²) >= 11 is 8.09. The van der Waals surface area contributed by atoms with E-state index in [0.29, 0.717) is 16.9 Å². The Balaban J connectivity index is 1.56. The van der Waals surface area contributed by atoms with Crippen molar-refractivity contribution in [2.75, 3.05) is 13.7 Å². The number of hydrazone groups is 1. The molecule has 3 aromatic carbocycles. The molecule has 2 N–H and O–H groups in total. The fourth-order valence-electron chi connectivity index (χ4n) is 2.75. The van der Waals surface area contributed by atoms with Crippen molar-refractivity contribution in [2.45, 2.75) is 0 Å². The number of nitrogens with zero attached hydrogens (tertiary/aromatic N) is 1. The van der Waals surface area contributed by atoms with Crippen molar-refractivity contribution < 1.29 is 23.9 Å². The summed E-state index contributed by atoms with van der Waals surface area (Å²) in [6.07, 6.45) is 1.39. The normalized spacial score (nSPS) is 10.6. The summed E-state index contributed by atoms with van der Waals surface area (Å²) < 4.78 is 11.5. The molecule has 0 aliphatic carbocycles. The van der Waals surface area contributed by atoms with Gasteiger partial charge in [0.25, 0.3) is 11.8 Å². The smallest absolute Gasteiger partial charge is 0.345 e. The molecular weight excluding hydrogens is 573 g/mol. The molecule has 0 bridgehead atoms. The molecule has 3 aromatic rings. The van der Waals surface area contributed by atoms with Gasteiger partial charge < -0.3 is 14.8 Å². The van der Waals surface area contributed by atoms with Gasteiger partial charge in [-0.05, 0) is 70.6 Å². The zero-order valence-electron chi connectivity index (χ0n) is 17.9. The van der Waals surface area contributed by atoms with Gasteiger partial charge in [0.15, 0.2) is 11.5 Å². The maximum Gasteiger partial charge on any atom is 0.345 e. The first-order valence-electron chi connectivity index (χ1n) is 9.88. The number of ether oxygens (including phenoxy) is 2. The van der Waals surface area contributed by atoms with Crippen molar-refractivity contribution >= 4 is 58.2 Å². The lowest BCUT2D eigenvalue weighted by molar-refractivity contribution is -0.120. The van der Waals surface area contributed by atoms with Gasteiger partial charge in [0.2, 0.25) is 0 Å². The van der Waals surface area contributed by atoms with E-state index < -0.39 is 11.9 Å². The lowest BCUT2D eigenvalue weighted by Crippen LogP contribution is -2.35. The SMILES string of the molecule is COc1cc(/C=N\NC(=O)CNC(=O)c2ccccc2I)ccc1OC(=O)c1ccccc1Cl. The minimum Gasteiger partial charge on any atom is -0.493 e. The van der Waals surface area contributed by atoms with Crippen LogP contribution in [0.25, 0.3) is 0 Å². The largest absolute Gasteiger partial charge is 0.493 e. The quantitative estimate of drug-likeness (QED) is 0.135. The molecule has 0 aromatic heterocycles. The molecule has 0 heterocycles. The third kappa shape index (κ3) is 6.78. The Kier molecular flexibility index (Phi) is 9.00. The number of carbonyl (C=O) groups is 3. The van der Waals surface area contributed by atoms with E-state index in [4.69, 9.17) is 21.1 Å². The zero-order chi connectivity index (χ0) is 24.5. The van der Waals surface area contributed by atoms with Crippen LogP contribution in [0, 0.1) is 3.57 Å². The monoisotopic (exact) mass is 591 g/mol. The first-order valence-corrected chi connectivity index (χ1v) is 11.3. The van der Waals surface area contributed by atoms with Crippen LogP contribution >= 0.6 is 34.2 Å². The van der Waals surface area contributed by atoms with Crippen molar-refractivity contribution in [3.8, 4) is 11.5 Å². The first kappa shape index (κ1) is 25.2. The van der Waals surface area contributed by atoms with Gasteiger partial charge in [0.05, 0.1) is 36.0 Å². The highest BCUT2D eigenvalue weighted by Gasteiger charge is 2.15. The number of nitrogens with one attached hydrogen (secondary N) is 2. The Bertz CT molecular complexity index is 1250. The molecular formula is C24H19ClIN3O5.